The van der Waals surface area contributed by atoms with Crippen LogP contribution < -0.4 is 22.9 Å². The second kappa shape index (κ2) is 3.16. The monoisotopic (exact) mass is 175 g/mol. The molecular weight excluding hydrogens is 166 g/mol. The van der Waals surface area contributed by atoms with Gasteiger partial charge in [0.05, 0.1) is 11.4 Å². The van der Waals surface area contributed by atoms with Gasteiger partial charge in [-0.2, -0.15) is 0 Å². The van der Waals surface area contributed by atoms with Gasteiger partial charge in [0.15, 0.2) is 0 Å². The van der Waals surface area contributed by atoms with E-state index in [9.17, 15) is 0 Å². The summed E-state index contributed by atoms with van der Waals surface area (Å²) in [7, 11) is 0. The Morgan fingerprint density at radius 2 is 1.27 bits per heavy atom. The molecule has 0 saturated heterocycles. The minimum Gasteiger partial charge on any atom is -0.396 e. The van der Waals surface area contributed by atoms with E-state index in [0.717, 1.165) is 0 Å². The second-order valence-corrected chi connectivity index (χ2v) is 1.94. The lowest BCUT2D eigenvalue weighted by atomic mass is 10.3. The zero-order valence-corrected chi connectivity index (χ0v) is 6.56. The number of halogens is 1. The van der Waals surface area contributed by atoms with Gasteiger partial charge in [-0.15, -0.1) is 12.4 Å². The molecule has 1 aromatic rings. The van der Waals surface area contributed by atoms with E-state index in [1.807, 2.05) is 0 Å². The lowest BCUT2D eigenvalue weighted by Crippen LogP contribution is -2.04. The van der Waals surface area contributed by atoms with Crippen molar-refractivity contribution in [3.63, 3.8) is 0 Å². The SMILES string of the molecule is Cl.Nc1cc(N)c(N)nc1N. The van der Waals surface area contributed by atoms with Crippen molar-refractivity contribution in [2.45, 2.75) is 0 Å². The molecule has 11 heavy (non-hydrogen) atoms. The maximum Gasteiger partial charge on any atom is 0.149 e. The quantitative estimate of drug-likeness (QED) is 0.437. The van der Waals surface area contributed by atoms with Crippen LogP contribution in [0.25, 0.3) is 0 Å². The third-order valence-electron chi connectivity index (χ3n) is 1.14. The fourth-order valence-electron chi connectivity index (χ4n) is 0.574. The molecule has 0 radical (unpaired) electrons. The molecule has 0 aliphatic rings. The Morgan fingerprint density at radius 1 is 0.909 bits per heavy atom. The third-order valence-corrected chi connectivity index (χ3v) is 1.14. The molecule has 1 heterocycles. The largest absolute Gasteiger partial charge is 0.396 e. The molecule has 0 bridgehead atoms. The number of hydrogen-bond acceptors (Lipinski definition) is 5. The topological polar surface area (TPSA) is 117 Å². The van der Waals surface area contributed by atoms with Crippen LogP contribution in [0.15, 0.2) is 6.07 Å². The molecule has 0 aliphatic heterocycles. The number of nitrogen functional groups attached to an aromatic ring is 4. The van der Waals surface area contributed by atoms with E-state index in [1.54, 1.807) is 0 Å². The van der Waals surface area contributed by atoms with Gasteiger partial charge in [0.2, 0.25) is 0 Å². The van der Waals surface area contributed by atoms with Crippen molar-refractivity contribution in [3.05, 3.63) is 6.07 Å². The molecule has 0 atom stereocenters. The van der Waals surface area contributed by atoms with Crippen LogP contribution in [0.2, 0.25) is 0 Å². The van der Waals surface area contributed by atoms with Gasteiger partial charge in [0.1, 0.15) is 11.6 Å². The third kappa shape index (κ3) is 1.78. The van der Waals surface area contributed by atoms with Crippen molar-refractivity contribution >= 4 is 35.4 Å². The van der Waals surface area contributed by atoms with Crippen molar-refractivity contribution < 1.29 is 0 Å². The van der Waals surface area contributed by atoms with Gasteiger partial charge in [-0.3, -0.25) is 0 Å². The summed E-state index contributed by atoms with van der Waals surface area (Å²) >= 11 is 0. The molecule has 8 N–H and O–H groups in total. The van der Waals surface area contributed by atoms with Crippen LogP contribution in [-0.2, 0) is 0 Å². The summed E-state index contributed by atoms with van der Waals surface area (Å²) in [5.41, 5.74) is 22.1. The molecule has 1 aromatic heterocycles. The van der Waals surface area contributed by atoms with Crippen molar-refractivity contribution in [1.29, 1.82) is 0 Å². The van der Waals surface area contributed by atoms with E-state index < -0.39 is 0 Å². The summed E-state index contributed by atoms with van der Waals surface area (Å²) in [6, 6.07) is 1.48. The number of aromatic nitrogens is 1. The van der Waals surface area contributed by atoms with E-state index >= 15 is 0 Å². The summed E-state index contributed by atoms with van der Waals surface area (Å²) in [4.78, 5) is 3.68. The van der Waals surface area contributed by atoms with E-state index in [1.165, 1.54) is 6.07 Å². The van der Waals surface area contributed by atoms with Crippen LogP contribution in [0.5, 0.6) is 0 Å². The number of rotatable bonds is 0. The fraction of sp³-hybridized carbons (Fsp3) is 0. The first-order chi connectivity index (χ1) is 4.61. The number of nitrogens with zero attached hydrogens (tertiary/aromatic N) is 1. The van der Waals surface area contributed by atoms with E-state index in [-0.39, 0.29) is 24.0 Å². The van der Waals surface area contributed by atoms with E-state index in [0.29, 0.717) is 11.4 Å². The predicted molar refractivity (Wildman–Crippen MR) is 49.1 cm³/mol. The lowest BCUT2D eigenvalue weighted by Gasteiger charge is -2.02. The van der Waals surface area contributed by atoms with Crippen molar-refractivity contribution in [3.8, 4) is 0 Å². The lowest BCUT2D eigenvalue weighted by molar-refractivity contribution is 1.35. The first-order valence-corrected chi connectivity index (χ1v) is 2.68. The van der Waals surface area contributed by atoms with Gasteiger partial charge in [-0.05, 0) is 6.07 Å². The Bertz CT molecular complexity index is 211. The average molecular weight is 176 g/mol. The number of hydrogen-bond donors (Lipinski definition) is 4. The van der Waals surface area contributed by atoms with Crippen LogP contribution >= 0.6 is 12.4 Å². The Morgan fingerprint density at radius 3 is 1.55 bits per heavy atom. The summed E-state index contributed by atoms with van der Waals surface area (Å²) in [5, 5.41) is 0. The molecule has 0 fully saturated rings. The predicted octanol–water partition coefficient (Wildman–Crippen LogP) is -0.168. The van der Waals surface area contributed by atoms with Gasteiger partial charge < -0.3 is 22.9 Å². The highest BCUT2D eigenvalue weighted by atomic mass is 35.5. The molecular formula is C5H10ClN5. The Balaban J connectivity index is 0.000001000. The van der Waals surface area contributed by atoms with Crippen LogP contribution in [0.3, 0.4) is 0 Å². The minimum absolute atomic E-state index is 0. The van der Waals surface area contributed by atoms with Crippen LogP contribution in [0, 0.1) is 0 Å². The van der Waals surface area contributed by atoms with Crippen LogP contribution in [0.4, 0.5) is 23.0 Å². The van der Waals surface area contributed by atoms with Crippen LogP contribution in [0.1, 0.15) is 0 Å². The number of anilines is 4. The van der Waals surface area contributed by atoms with Gasteiger partial charge in [0, 0.05) is 0 Å². The Labute approximate surface area is 70.2 Å². The summed E-state index contributed by atoms with van der Waals surface area (Å²) < 4.78 is 0. The highest BCUT2D eigenvalue weighted by Gasteiger charge is 1.99. The maximum absolute atomic E-state index is 5.37. The minimum atomic E-state index is 0. The normalized spacial score (nSPS) is 8.73. The number of nitrogens with two attached hydrogens (primary N) is 4. The maximum atomic E-state index is 5.37. The van der Waals surface area contributed by atoms with Crippen molar-refractivity contribution in [2.75, 3.05) is 22.9 Å². The van der Waals surface area contributed by atoms with Gasteiger partial charge in [0.25, 0.3) is 0 Å². The highest BCUT2D eigenvalue weighted by Crippen LogP contribution is 2.19. The van der Waals surface area contributed by atoms with E-state index in [4.69, 9.17) is 22.9 Å². The van der Waals surface area contributed by atoms with Gasteiger partial charge in [-0.25, -0.2) is 4.98 Å². The molecule has 0 amide bonds. The van der Waals surface area contributed by atoms with Crippen molar-refractivity contribution in [1.82, 2.24) is 4.98 Å². The molecule has 0 spiro atoms. The molecule has 1 rings (SSSR count). The highest BCUT2D eigenvalue weighted by molar-refractivity contribution is 5.85. The van der Waals surface area contributed by atoms with Gasteiger partial charge in [-0.1, -0.05) is 0 Å². The summed E-state index contributed by atoms with van der Waals surface area (Å²) in [6.07, 6.45) is 0. The smallest absolute Gasteiger partial charge is 0.149 e. The van der Waals surface area contributed by atoms with Crippen molar-refractivity contribution in [2.24, 2.45) is 0 Å². The zero-order chi connectivity index (χ0) is 7.72. The average Bonchev–Trinajstić information content (AvgIpc) is 1.84. The molecule has 5 nitrogen and oxygen atoms in total. The molecule has 0 aromatic carbocycles. The Kier molecular flexibility index (Phi) is 2.77. The first kappa shape index (κ1) is 9.64. The summed E-state index contributed by atoms with van der Waals surface area (Å²) in [6.45, 7) is 0. The van der Waals surface area contributed by atoms with E-state index in [2.05, 4.69) is 4.98 Å². The molecule has 62 valence electrons. The molecule has 0 aliphatic carbocycles. The molecule has 0 saturated carbocycles. The second-order valence-electron chi connectivity index (χ2n) is 1.94. The summed E-state index contributed by atoms with van der Waals surface area (Å²) in [5.74, 6) is 0.429. The van der Waals surface area contributed by atoms with Gasteiger partial charge >= 0.3 is 0 Å². The van der Waals surface area contributed by atoms with Crippen LogP contribution in [-0.4, -0.2) is 4.98 Å². The number of pyridine rings is 1. The first-order valence-electron chi connectivity index (χ1n) is 2.68. The molecule has 6 heteroatoms. The standard InChI is InChI=1S/C5H9N5.ClH/c6-2-1-3(7)5(9)10-4(2)8;/h1H,6-7H2,(H4,8,9,10);1H. The zero-order valence-electron chi connectivity index (χ0n) is 5.74. The fourth-order valence-corrected chi connectivity index (χ4v) is 0.574. The molecule has 0 unspecified atom stereocenters. The Hall–Kier alpha value is -1.36.